The molecule has 0 heterocycles. The molecule has 0 bridgehead atoms. The molecule has 2 aromatic rings. The second kappa shape index (κ2) is 7.64. The first-order valence-electron chi connectivity index (χ1n) is 6.16. The summed E-state index contributed by atoms with van der Waals surface area (Å²) in [5, 5.41) is 1.06. The standard InChI is InChI=1S/C16H10Cl2O4/c17-11-1-5-13(6-2-11)21-15(19)9-10-16(20)22-14-7-3-12(18)4-8-14/h1-10H/b10-9-. The summed E-state index contributed by atoms with van der Waals surface area (Å²) in [5.74, 6) is -0.749. The topological polar surface area (TPSA) is 52.6 Å². The number of rotatable bonds is 4. The molecule has 0 aromatic heterocycles. The van der Waals surface area contributed by atoms with Crippen molar-refractivity contribution in [1.29, 1.82) is 0 Å². The monoisotopic (exact) mass is 336 g/mol. The minimum absolute atomic E-state index is 0.324. The predicted molar refractivity (Wildman–Crippen MR) is 83.3 cm³/mol. The smallest absolute Gasteiger partial charge is 0.336 e. The highest BCUT2D eigenvalue weighted by Crippen LogP contribution is 2.16. The Hall–Kier alpha value is -2.30. The van der Waals surface area contributed by atoms with E-state index in [4.69, 9.17) is 32.7 Å². The van der Waals surface area contributed by atoms with Crippen molar-refractivity contribution in [2.45, 2.75) is 0 Å². The fourth-order valence-electron chi connectivity index (χ4n) is 1.44. The van der Waals surface area contributed by atoms with Gasteiger partial charge in [-0.1, -0.05) is 23.2 Å². The fraction of sp³-hybridized carbons (Fsp3) is 0. The zero-order valence-electron chi connectivity index (χ0n) is 11.2. The number of halogens is 2. The third kappa shape index (κ3) is 5.24. The van der Waals surface area contributed by atoms with Crippen molar-refractivity contribution in [2.75, 3.05) is 0 Å². The molecule has 112 valence electrons. The highest BCUT2D eigenvalue weighted by atomic mass is 35.5. The quantitative estimate of drug-likeness (QED) is 0.480. The average Bonchev–Trinajstić information content (AvgIpc) is 2.50. The number of esters is 2. The first kappa shape index (κ1) is 16.1. The summed E-state index contributed by atoms with van der Waals surface area (Å²) < 4.78 is 9.95. The summed E-state index contributed by atoms with van der Waals surface area (Å²) in [7, 11) is 0. The second-order valence-electron chi connectivity index (χ2n) is 4.08. The Morgan fingerprint density at radius 3 is 1.32 bits per heavy atom. The Bertz CT molecular complexity index is 630. The van der Waals surface area contributed by atoms with Gasteiger partial charge in [0.15, 0.2) is 0 Å². The van der Waals surface area contributed by atoms with Gasteiger partial charge in [0.25, 0.3) is 0 Å². The summed E-state index contributed by atoms with van der Waals surface area (Å²) in [6.45, 7) is 0. The number of ether oxygens (including phenoxy) is 2. The minimum atomic E-state index is -0.699. The third-order valence-corrected chi connectivity index (χ3v) is 2.92. The van der Waals surface area contributed by atoms with E-state index < -0.39 is 11.9 Å². The SMILES string of the molecule is O=C(/C=C\C(=O)Oc1ccc(Cl)cc1)Oc1ccc(Cl)cc1. The molecule has 2 aromatic carbocycles. The van der Waals surface area contributed by atoms with E-state index in [0.29, 0.717) is 21.5 Å². The van der Waals surface area contributed by atoms with Gasteiger partial charge in [0.1, 0.15) is 11.5 Å². The van der Waals surface area contributed by atoms with Crippen molar-refractivity contribution >= 4 is 35.1 Å². The molecule has 0 fully saturated rings. The van der Waals surface area contributed by atoms with E-state index in [2.05, 4.69) is 0 Å². The number of carbonyl (C=O) groups is 2. The van der Waals surface area contributed by atoms with E-state index in [0.717, 1.165) is 12.2 Å². The molecule has 0 aliphatic carbocycles. The van der Waals surface area contributed by atoms with Gasteiger partial charge in [-0.05, 0) is 48.5 Å². The van der Waals surface area contributed by atoms with Crippen LogP contribution in [0.3, 0.4) is 0 Å². The molecule has 4 nitrogen and oxygen atoms in total. The second-order valence-corrected chi connectivity index (χ2v) is 4.96. The normalized spacial score (nSPS) is 10.5. The van der Waals surface area contributed by atoms with Crippen LogP contribution in [-0.4, -0.2) is 11.9 Å². The van der Waals surface area contributed by atoms with Crippen molar-refractivity contribution in [3.05, 3.63) is 70.7 Å². The fourth-order valence-corrected chi connectivity index (χ4v) is 1.69. The van der Waals surface area contributed by atoms with Gasteiger partial charge in [-0.2, -0.15) is 0 Å². The molecule has 22 heavy (non-hydrogen) atoms. The summed E-state index contributed by atoms with van der Waals surface area (Å²) in [6, 6.07) is 12.5. The molecule has 2 rings (SSSR count). The van der Waals surface area contributed by atoms with E-state index in [1.54, 1.807) is 48.5 Å². The Labute approximate surface area is 136 Å². The average molecular weight is 337 g/mol. The van der Waals surface area contributed by atoms with Crippen LogP contribution in [-0.2, 0) is 9.59 Å². The van der Waals surface area contributed by atoms with E-state index in [9.17, 15) is 9.59 Å². The van der Waals surface area contributed by atoms with Gasteiger partial charge in [-0.3, -0.25) is 0 Å². The van der Waals surface area contributed by atoms with Gasteiger partial charge in [0.05, 0.1) is 0 Å². The maximum Gasteiger partial charge on any atom is 0.336 e. The molecule has 0 amide bonds. The molecule has 0 saturated carbocycles. The van der Waals surface area contributed by atoms with Crippen LogP contribution in [0.5, 0.6) is 11.5 Å². The molecule has 0 N–H and O–H groups in total. The Morgan fingerprint density at radius 2 is 1.00 bits per heavy atom. The molecule has 0 saturated heterocycles. The van der Waals surface area contributed by atoms with E-state index in [1.807, 2.05) is 0 Å². The lowest BCUT2D eigenvalue weighted by Gasteiger charge is -2.02. The van der Waals surface area contributed by atoms with Crippen LogP contribution in [0.2, 0.25) is 10.0 Å². The molecule has 6 heteroatoms. The van der Waals surface area contributed by atoms with Crippen molar-refractivity contribution in [1.82, 2.24) is 0 Å². The lowest BCUT2D eigenvalue weighted by atomic mass is 10.3. The van der Waals surface area contributed by atoms with Crippen molar-refractivity contribution < 1.29 is 19.1 Å². The van der Waals surface area contributed by atoms with Gasteiger partial charge < -0.3 is 9.47 Å². The third-order valence-electron chi connectivity index (χ3n) is 2.42. The maximum absolute atomic E-state index is 11.5. The van der Waals surface area contributed by atoms with Crippen LogP contribution < -0.4 is 9.47 Å². The minimum Gasteiger partial charge on any atom is -0.423 e. The molecule has 0 atom stereocenters. The summed E-state index contributed by atoms with van der Waals surface area (Å²) in [6.07, 6.45) is 1.96. The molecule has 0 radical (unpaired) electrons. The number of hydrogen-bond acceptors (Lipinski definition) is 4. The predicted octanol–water partition coefficient (Wildman–Crippen LogP) is 4.06. The Kier molecular flexibility index (Phi) is 5.58. The van der Waals surface area contributed by atoms with Crippen molar-refractivity contribution in [2.24, 2.45) is 0 Å². The summed E-state index contributed by atoms with van der Waals surface area (Å²) in [5.41, 5.74) is 0. The van der Waals surface area contributed by atoms with Gasteiger partial charge in [0.2, 0.25) is 0 Å². The Morgan fingerprint density at radius 1 is 0.682 bits per heavy atom. The van der Waals surface area contributed by atoms with Crippen LogP contribution in [0.25, 0.3) is 0 Å². The number of benzene rings is 2. The maximum atomic E-state index is 11.5. The highest BCUT2D eigenvalue weighted by molar-refractivity contribution is 6.30. The van der Waals surface area contributed by atoms with Crippen LogP contribution in [0.1, 0.15) is 0 Å². The molecule has 0 aliphatic rings. The highest BCUT2D eigenvalue weighted by Gasteiger charge is 2.04. The van der Waals surface area contributed by atoms with Gasteiger partial charge in [0, 0.05) is 22.2 Å². The van der Waals surface area contributed by atoms with Crippen LogP contribution in [0, 0.1) is 0 Å². The van der Waals surface area contributed by atoms with Gasteiger partial charge in [-0.25, -0.2) is 9.59 Å². The van der Waals surface area contributed by atoms with E-state index in [-0.39, 0.29) is 0 Å². The lowest BCUT2D eigenvalue weighted by Crippen LogP contribution is -2.08. The molecule has 0 unspecified atom stereocenters. The zero-order chi connectivity index (χ0) is 15.9. The van der Waals surface area contributed by atoms with Crippen molar-refractivity contribution in [3.8, 4) is 11.5 Å². The molecule has 0 aliphatic heterocycles. The van der Waals surface area contributed by atoms with Crippen LogP contribution in [0.4, 0.5) is 0 Å². The van der Waals surface area contributed by atoms with Crippen LogP contribution >= 0.6 is 23.2 Å². The van der Waals surface area contributed by atoms with Crippen molar-refractivity contribution in [3.63, 3.8) is 0 Å². The van der Waals surface area contributed by atoms with E-state index in [1.165, 1.54) is 0 Å². The Balaban J connectivity index is 1.87. The number of carbonyl (C=O) groups excluding carboxylic acids is 2. The van der Waals surface area contributed by atoms with Crippen LogP contribution in [0.15, 0.2) is 60.7 Å². The van der Waals surface area contributed by atoms with E-state index >= 15 is 0 Å². The summed E-state index contributed by atoms with van der Waals surface area (Å²) >= 11 is 11.4. The molecule has 0 spiro atoms. The zero-order valence-corrected chi connectivity index (χ0v) is 12.7. The summed E-state index contributed by atoms with van der Waals surface area (Å²) in [4.78, 5) is 23.1. The molecular formula is C16H10Cl2O4. The first-order valence-corrected chi connectivity index (χ1v) is 6.91. The first-order chi connectivity index (χ1) is 10.5. The molecular weight excluding hydrogens is 327 g/mol. The lowest BCUT2D eigenvalue weighted by molar-refractivity contribution is -0.131. The largest absolute Gasteiger partial charge is 0.423 e. The van der Waals surface area contributed by atoms with Gasteiger partial charge >= 0.3 is 11.9 Å². The van der Waals surface area contributed by atoms with Gasteiger partial charge in [-0.15, -0.1) is 0 Å². The number of hydrogen-bond donors (Lipinski definition) is 0.